The largest absolute Gasteiger partial charge is 0.373 e. The van der Waals surface area contributed by atoms with Crippen LogP contribution >= 0.6 is 0 Å². The minimum absolute atomic E-state index is 0.156. The Hall–Kier alpha value is -1.02. The summed E-state index contributed by atoms with van der Waals surface area (Å²) < 4.78 is 0. The summed E-state index contributed by atoms with van der Waals surface area (Å²) in [5, 5.41) is 0. The summed E-state index contributed by atoms with van der Waals surface area (Å²) in [7, 11) is 6.45. The van der Waals surface area contributed by atoms with Gasteiger partial charge < -0.3 is 9.80 Å². The van der Waals surface area contributed by atoms with Gasteiger partial charge in [-0.25, -0.2) is 0 Å². The third-order valence-corrected chi connectivity index (χ3v) is 3.96. The van der Waals surface area contributed by atoms with E-state index in [-0.39, 0.29) is 10.8 Å². The molecule has 2 heteroatoms. The topological polar surface area (TPSA) is 6.48 Å². The average Bonchev–Trinajstić information content (AvgIpc) is 2.33. The van der Waals surface area contributed by atoms with Crippen molar-refractivity contribution in [3.63, 3.8) is 0 Å². The van der Waals surface area contributed by atoms with Gasteiger partial charge >= 0.3 is 0 Å². The van der Waals surface area contributed by atoms with Gasteiger partial charge in [-0.05, 0) is 42.1 Å². The van der Waals surface area contributed by atoms with Gasteiger partial charge in [0.2, 0.25) is 0 Å². The number of anilines is 1. The maximum absolute atomic E-state index is 2.40. The van der Waals surface area contributed by atoms with Crippen molar-refractivity contribution in [3.05, 3.63) is 29.3 Å². The smallest absolute Gasteiger partial charge is 0.0402 e. The van der Waals surface area contributed by atoms with Crippen LogP contribution in [0.4, 0.5) is 5.69 Å². The Morgan fingerprint density at radius 2 is 1.38 bits per heavy atom. The molecule has 0 aliphatic rings. The van der Waals surface area contributed by atoms with E-state index in [9.17, 15) is 0 Å². The number of benzene rings is 1. The van der Waals surface area contributed by atoms with Crippen LogP contribution in [-0.2, 0) is 10.8 Å². The lowest BCUT2D eigenvalue weighted by Crippen LogP contribution is -2.30. The Bertz CT molecular complexity index is 461. The molecule has 0 bridgehead atoms. The quantitative estimate of drug-likeness (QED) is 0.816. The molecule has 0 aliphatic heterocycles. The van der Waals surface area contributed by atoms with E-state index in [1.807, 2.05) is 0 Å². The second-order valence-electron chi connectivity index (χ2n) is 8.46. The summed E-state index contributed by atoms with van der Waals surface area (Å²) >= 11 is 0. The highest BCUT2D eigenvalue weighted by atomic mass is 15.2. The SMILES string of the molecule is CN(C)CCN(C)c1ccc(C(C)(C)C)cc1C(C)(C)C. The van der Waals surface area contributed by atoms with Gasteiger partial charge in [0.05, 0.1) is 0 Å². The minimum atomic E-state index is 0.156. The van der Waals surface area contributed by atoms with E-state index in [1.165, 1.54) is 16.8 Å². The molecule has 0 saturated heterocycles. The zero-order valence-corrected chi connectivity index (χ0v) is 15.5. The van der Waals surface area contributed by atoms with Crippen LogP contribution in [0.2, 0.25) is 0 Å². The summed E-state index contributed by atoms with van der Waals surface area (Å²) in [4.78, 5) is 4.61. The van der Waals surface area contributed by atoms with Gasteiger partial charge in [0, 0.05) is 25.8 Å². The third-order valence-electron chi connectivity index (χ3n) is 3.96. The Balaban J connectivity index is 3.20. The second kappa shape index (κ2) is 6.39. The van der Waals surface area contributed by atoms with Crippen LogP contribution in [0.5, 0.6) is 0 Å². The highest BCUT2D eigenvalue weighted by Gasteiger charge is 2.23. The molecule has 1 rings (SSSR count). The van der Waals surface area contributed by atoms with E-state index >= 15 is 0 Å². The highest BCUT2D eigenvalue weighted by molar-refractivity contribution is 5.58. The monoisotopic (exact) mass is 290 g/mol. The molecule has 0 radical (unpaired) electrons. The lowest BCUT2D eigenvalue weighted by Gasteiger charge is -2.32. The molecular weight excluding hydrogens is 256 g/mol. The zero-order valence-electron chi connectivity index (χ0n) is 15.5. The third kappa shape index (κ3) is 5.03. The molecule has 2 nitrogen and oxygen atoms in total. The zero-order chi connectivity index (χ0) is 16.4. The van der Waals surface area contributed by atoms with E-state index in [0.29, 0.717) is 0 Å². The molecule has 0 amide bonds. The van der Waals surface area contributed by atoms with Gasteiger partial charge in [-0.1, -0.05) is 53.7 Å². The van der Waals surface area contributed by atoms with Gasteiger partial charge in [0.15, 0.2) is 0 Å². The van der Waals surface area contributed by atoms with Crippen LogP contribution in [0, 0.1) is 0 Å². The Morgan fingerprint density at radius 1 is 0.810 bits per heavy atom. The van der Waals surface area contributed by atoms with Crippen LogP contribution in [-0.4, -0.2) is 39.1 Å². The van der Waals surface area contributed by atoms with Gasteiger partial charge in [0.1, 0.15) is 0 Å². The number of hydrogen-bond acceptors (Lipinski definition) is 2. The molecule has 0 aromatic heterocycles. The molecule has 0 aliphatic carbocycles. The maximum atomic E-state index is 2.40. The Labute approximate surface area is 132 Å². The van der Waals surface area contributed by atoms with Gasteiger partial charge in [0.25, 0.3) is 0 Å². The lowest BCUT2D eigenvalue weighted by atomic mass is 9.79. The number of likely N-dealkylation sites (N-methyl/N-ethyl adjacent to an activating group) is 2. The van der Waals surface area contributed by atoms with Gasteiger partial charge in [-0.3, -0.25) is 0 Å². The van der Waals surface area contributed by atoms with Crippen LogP contribution in [0.25, 0.3) is 0 Å². The first-order chi connectivity index (χ1) is 9.43. The normalized spacial score (nSPS) is 12.9. The predicted molar refractivity (Wildman–Crippen MR) is 95.7 cm³/mol. The van der Waals surface area contributed by atoms with Crippen molar-refractivity contribution in [1.82, 2.24) is 4.90 Å². The van der Waals surface area contributed by atoms with Crippen LogP contribution in [0.15, 0.2) is 18.2 Å². The van der Waals surface area contributed by atoms with Crippen molar-refractivity contribution in [2.45, 2.75) is 52.4 Å². The molecule has 1 aromatic carbocycles. The first-order valence-electron chi connectivity index (χ1n) is 7.94. The summed E-state index contributed by atoms with van der Waals surface area (Å²) in [6.45, 7) is 15.9. The van der Waals surface area contributed by atoms with E-state index in [1.54, 1.807) is 0 Å². The molecule has 0 fully saturated rings. The summed E-state index contributed by atoms with van der Waals surface area (Å²) in [6.07, 6.45) is 0. The Morgan fingerprint density at radius 3 is 1.81 bits per heavy atom. The fraction of sp³-hybridized carbons (Fsp3) is 0.684. The molecule has 0 saturated carbocycles. The van der Waals surface area contributed by atoms with E-state index in [0.717, 1.165) is 13.1 Å². The number of hydrogen-bond donors (Lipinski definition) is 0. The van der Waals surface area contributed by atoms with Crippen molar-refractivity contribution in [2.75, 3.05) is 39.1 Å². The first kappa shape index (κ1) is 18.0. The predicted octanol–water partition coefficient (Wildman–Crippen LogP) is 4.28. The van der Waals surface area contributed by atoms with Crippen molar-refractivity contribution in [1.29, 1.82) is 0 Å². The highest BCUT2D eigenvalue weighted by Crippen LogP contribution is 2.35. The maximum Gasteiger partial charge on any atom is 0.0402 e. The summed E-state index contributed by atoms with van der Waals surface area (Å²) in [5.74, 6) is 0. The fourth-order valence-corrected chi connectivity index (χ4v) is 2.41. The van der Waals surface area contributed by atoms with E-state index in [2.05, 4.69) is 90.7 Å². The molecule has 0 heterocycles. The molecule has 0 spiro atoms. The Kier molecular flexibility index (Phi) is 5.49. The standard InChI is InChI=1S/C19H34N2/c1-18(2,3)15-10-11-17(16(14-15)19(4,5)6)21(9)13-12-20(7)8/h10-11,14H,12-13H2,1-9H3. The van der Waals surface area contributed by atoms with Crippen molar-refractivity contribution in [2.24, 2.45) is 0 Å². The van der Waals surface area contributed by atoms with Crippen LogP contribution in [0.1, 0.15) is 52.7 Å². The van der Waals surface area contributed by atoms with Crippen molar-refractivity contribution in [3.8, 4) is 0 Å². The van der Waals surface area contributed by atoms with Crippen LogP contribution < -0.4 is 4.90 Å². The minimum Gasteiger partial charge on any atom is -0.373 e. The van der Waals surface area contributed by atoms with Gasteiger partial charge in [-0.15, -0.1) is 0 Å². The molecule has 0 atom stereocenters. The molecule has 0 unspecified atom stereocenters. The van der Waals surface area contributed by atoms with Crippen molar-refractivity contribution >= 4 is 5.69 Å². The average molecular weight is 290 g/mol. The first-order valence-corrected chi connectivity index (χ1v) is 7.94. The molecule has 21 heavy (non-hydrogen) atoms. The van der Waals surface area contributed by atoms with Crippen LogP contribution in [0.3, 0.4) is 0 Å². The van der Waals surface area contributed by atoms with Gasteiger partial charge in [-0.2, -0.15) is 0 Å². The number of nitrogens with zero attached hydrogens (tertiary/aromatic N) is 2. The molecule has 0 N–H and O–H groups in total. The second-order valence-corrected chi connectivity index (χ2v) is 8.46. The van der Waals surface area contributed by atoms with Crippen molar-refractivity contribution < 1.29 is 0 Å². The lowest BCUT2D eigenvalue weighted by molar-refractivity contribution is 0.416. The summed E-state index contributed by atoms with van der Waals surface area (Å²) in [5.41, 5.74) is 4.56. The molecular formula is C19H34N2. The van der Waals surface area contributed by atoms with E-state index < -0.39 is 0 Å². The molecule has 120 valence electrons. The number of rotatable bonds is 4. The summed E-state index contributed by atoms with van der Waals surface area (Å²) in [6, 6.07) is 7.00. The van der Waals surface area contributed by atoms with E-state index in [4.69, 9.17) is 0 Å². The fourth-order valence-electron chi connectivity index (χ4n) is 2.41. The molecule has 1 aromatic rings.